The topological polar surface area (TPSA) is 107 Å². The molecule has 0 aliphatic heterocycles. The third kappa shape index (κ3) is 9.48. The molecule has 2 atom stereocenters. The molecule has 0 aromatic carbocycles. The molecule has 0 fully saturated rings. The Balaban J connectivity index is 4.26. The van der Waals surface area contributed by atoms with E-state index in [0.29, 0.717) is 6.42 Å². The summed E-state index contributed by atoms with van der Waals surface area (Å²) in [7, 11) is -7.20. The van der Waals surface area contributed by atoms with Gasteiger partial charge in [-0.25, -0.2) is 0 Å². The lowest BCUT2D eigenvalue weighted by molar-refractivity contribution is 0.0376. The molecule has 0 saturated heterocycles. The molecule has 9 heteroatoms. The molecule has 0 amide bonds. The predicted molar refractivity (Wildman–Crippen MR) is 61.4 cm³/mol. The SMILES string of the molecule is CC[C@@H](COS(C)(=O)=O)[C@@H](O)COS(C)(=O)=O. The highest BCUT2D eigenvalue weighted by molar-refractivity contribution is 7.86. The second-order valence-corrected chi connectivity index (χ2v) is 7.00. The number of aliphatic hydroxyl groups is 1. The van der Waals surface area contributed by atoms with Crippen LogP contribution in [0.5, 0.6) is 0 Å². The quantitative estimate of drug-likeness (QED) is 0.590. The minimum atomic E-state index is -3.62. The van der Waals surface area contributed by atoms with Crippen LogP contribution in [-0.2, 0) is 28.6 Å². The molecule has 104 valence electrons. The van der Waals surface area contributed by atoms with E-state index in [1.165, 1.54) is 0 Å². The molecule has 0 aliphatic rings. The van der Waals surface area contributed by atoms with Crippen molar-refractivity contribution in [3.8, 4) is 0 Å². The monoisotopic (exact) mass is 290 g/mol. The van der Waals surface area contributed by atoms with E-state index in [-0.39, 0.29) is 6.61 Å². The summed E-state index contributed by atoms with van der Waals surface area (Å²) in [6.07, 6.45) is 1.10. The lowest BCUT2D eigenvalue weighted by Gasteiger charge is -2.20. The van der Waals surface area contributed by atoms with Crippen LogP contribution < -0.4 is 0 Å². The first kappa shape index (κ1) is 16.8. The van der Waals surface area contributed by atoms with Crippen LogP contribution in [0.2, 0.25) is 0 Å². The van der Waals surface area contributed by atoms with Gasteiger partial charge in [0.05, 0.1) is 31.8 Å². The summed E-state index contributed by atoms with van der Waals surface area (Å²) < 4.78 is 51.9. The Kier molecular flexibility index (Phi) is 6.56. The highest BCUT2D eigenvalue weighted by atomic mass is 32.2. The molecule has 0 aromatic heterocycles. The largest absolute Gasteiger partial charge is 0.390 e. The van der Waals surface area contributed by atoms with E-state index < -0.39 is 38.9 Å². The molecule has 1 N–H and O–H groups in total. The van der Waals surface area contributed by atoms with E-state index in [9.17, 15) is 21.9 Å². The molecule has 0 heterocycles. The average molecular weight is 290 g/mol. The predicted octanol–water partition coefficient (Wildman–Crippen LogP) is -0.674. The first-order valence-corrected chi connectivity index (χ1v) is 8.55. The van der Waals surface area contributed by atoms with Gasteiger partial charge in [-0.05, 0) is 6.42 Å². The summed E-state index contributed by atoms with van der Waals surface area (Å²) in [5, 5.41) is 9.60. The summed E-state index contributed by atoms with van der Waals surface area (Å²) in [5.41, 5.74) is 0. The summed E-state index contributed by atoms with van der Waals surface area (Å²) >= 11 is 0. The standard InChI is InChI=1S/C8H18O7S2/c1-4-7(5-14-16(2,10)11)8(9)6-15-17(3,12)13/h7-9H,4-6H2,1-3H3/t7-,8-/m0/s1. The zero-order valence-corrected chi connectivity index (χ0v) is 11.6. The summed E-state index contributed by atoms with van der Waals surface area (Å²) in [4.78, 5) is 0. The van der Waals surface area contributed by atoms with Gasteiger partial charge in [0.2, 0.25) is 0 Å². The van der Waals surface area contributed by atoms with E-state index in [1.54, 1.807) is 6.92 Å². The second kappa shape index (κ2) is 6.64. The molecule has 0 spiro atoms. The molecule has 0 unspecified atom stereocenters. The Morgan fingerprint density at radius 3 is 1.76 bits per heavy atom. The van der Waals surface area contributed by atoms with Crippen molar-refractivity contribution in [1.29, 1.82) is 0 Å². The van der Waals surface area contributed by atoms with E-state index in [4.69, 9.17) is 0 Å². The van der Waals surface area contributed by atoms with Gasteiger partial charge in [-0.2, -0.15) is 16.8 Å². The average Bonchev–Trinajstić information content (AvgIpc) is 2.12. The van der Waals surface area contributed by atoms with E-state index in [2.05, 4.69) is 8.37 Å². The van der Waals surface area contributed by atoms with Crippen LogP contribution in [0.1, 0.15) is 13.3 Å². The third-order valence-electron chi connectivity index (χ3n) is 2.02. The maximum atomic E-state index is 10.8. The van der Waals surface area contributed by atoms with Gasteiger partial charge in [0, 0.05) is 5.92 Å². The Morgan fingerprint density at radius 2 is 1.41 bits per heavy atom. The van der Waals surface area contributed by atoms with Crippen molar-refractivity contribution < 1.29 is 30.3 Å². The first-order valence-electron chi connectivity index (χ1n) is 4.92. The molecule has 0 rings (SSSR count). The summed E-state index contributed by atoms with van der Waals surface area (Å²) in [5.74, 6) is -0.508. The van der Waals surface area contributed by atoms with E-state index >= 15 is 0 Å². The fourth-order valence-corrected chi connectivity index (χ4v) is 1.85. The number of aliphatic hydroxyl groups excluding tert-OH is 1. The Labute approximate surface area is 102 Å². The second-order valence-electron chi connectivity index (χ2n) is 3.71. The first-order chi connectivity index (χ1) is 7.55. The molecular weight excluding hydrogens is 272 g/mol. The van der Waals surface area contributed by atoms with Gasteiger partial charge in [-0.1, -0.05) is 6.92 Å². The molecule has 0 aliphatic carbocycles. The van der Waals surface area contributed by atoms with Crippen LogP contribution in [-0.4, -0.2) is 53.8 Å². The van der Waals surface area contributed by atoms with E-state index in [1.807, 2.05) is 0 Å². The van der Waals surface area contributed by atoms with Gasteiger partial charge in [0.25, 0.3) is 20.2 Å². The summed E-state index contributed by atoms with van der Waals surface area (Å²) in [6.45, 7) is 1.11. The molecule has 0 radical (unpaired) electrons. The van der Waals surface area contributed by atoms with Gasteiger partial charge in [0.1, 0.15) is 0 Å². The Bertz CT molecular complexity index is 411. The third-order valence-corrected chi connectivity index (χ3v) is 3.15. The van der Waals surface area contributed by atoms with Crippen molar-refractivity contribution in [1.82, 2.24) is 0 Å². The normalized spacial score (nSPS) is 16.7. The maximum absolute atomic E-state index is 10.8. The van der Waals surface area contributed by atoms with Crippen molar-refractivity contribution >= 4 is 20.2 Å². The zero-order chi connectivity index (χ0) is 13.7. The van der Waals surface area contributed by atoms with Gasteiger partial charge in [-0.15, -0.1) is 0 Å². The minimum absolute atomic E-state index is 0.205. The van der Waals surface area contributed by atoms with Crippen LogP contribution in [0.25, 0.3) is 0 Å². The minimum Gasteiger partial charge on any atom is -0.390 e. The van der Waals surface area contributed by atoms with Crippen LogP contribution in [0, 0.1) is 5.92 Å². The summed E-state index contributed by atoms with van der Waals surface area (Å²) in [6, 6.07) is 0. The van der Waals surface area contributed by atoms with Gasteiger partial charge in [-0.3, -0.25) is 8.37 Å². The lowest BCUT2D eigenvalue weighted by atomic mass is 10.0. The molecule has 0 bridgehead atoms. The number of rotatable bonds is 8. The Morgan fingerprint density at radius 1 is 1.00 bits per heavy atom. The van der Waals surface area contributed by atoms with Gasteiger partial charge < -0.3 is 5.11 Å². The number of hydrogen-bond donors (Lipinski definition) is 1. The van der Waals surface area contributed by atoms with E-state index in [0.717, 1.165) is 12.5 Å². The number of hydrogen-bond acceptors (Lipinski definition) is 7. The molecule has 0 aromatic rings. The van der Waals surface area contributed by atoms with Crippen molar-refractivity contribution in [2.45, 2.75) is 19.4 Å². The van der Waals surface area contributed by atoms with Crippen LogP contribution in [0.3, 0.4) is 0 Å². The maximum Gasteiger partial charge on any atom is 0.264 e. The molecule has 7 nitrogen and oxygen atoms in total. The van der Waals surface area contributed by atoms with Crippen molar-refractivity contribution in [3.05, 3.63) is 0 Å². The smallest absolute Gasteiger partial charge is 0.264 e. The lowest BCUT2D eigenvalue weighted by Crippen LogP contribution is -2.30. The molecular formula is C8H18O7S2. The highest BCUT2D eigenvalue weighted by Gasteiger charge is 2.21. The van der Waals surface area contributed by atoms with Gasteiger partial charge >= 0.3 is 0 Å². The van der Waals surface area contributed by atoms with Crippen LogP contribution in [0.15, 0.2) is 0 Å². The van der Waals surface area contributed by atoms with Crippen LogP contribution in [0.4, 0.5) is 0 Å². The van der Waals surface area contributed by atoms with Crippen molar-refractivity contribution in [3.63, 3.8) is 0 Å². The van der Waals surface area contributed by atoms with Crippen molar-refractivity contribution in [2.24, 2.45) is 5.92 Å². The fraction of sp³-hybridized carbons (Fsp3) is 1.00. The Hall–Kier alpha value is -0.220. The van der Waals surface area contributed by atoms with Crippen molar-refractivity contribution in [2.75, 3.05) is 25.7 Å². The molecule has 0 saturated carbocycles. The van der Waals surface area contributed by atoms with Gasteiger partial charge in [0.15, 0.2) is 0 Å². The zero-order valence-electron chi connectivity index (χ0n) is 9.99. The fourth-order valence-electron chi connectivity index (χ4n) is 1.04. The van der Waals surface area contributed by atoms with Crippen LogP contribution >= 0.6 is 0 Å². The molecule has 17 heavy (non-hydrogen) atoms. The highest BCUT2D eigenvalue weighted by Crippen LogP contribution is 2.12.